The molecule has 0 radical (unpaired) electrons. The van der Waals surface area contributed by atoms with Gasteiger partial charge in [-0.2, -0.15) is 0 Å². The van der Waals surface area contributed by atoms with Crippen LogP contribution in [0.2, 0.25) is 0 Å². The standard InChI is InChI=1S/C12H13BrN2S/c1-8(6-14)12-15-11(7-16-12)9-3-2-4-10(13)5-9/h2-5,7-8H,6,14H2,1H3. The molecule has 1 aromatic heterocycles. The number of rotatable bonds is 3. The van der Waals surface area contributed by atoms with Gasteiger partial charge in [0.05, 0.1) is 10.7 Å². The molecule has 0 fully saturated rings. The average molecular weight is 297 g/mol. The molecule has 0 spiro atoms. The molecule has 2 aromatic rings. The highest BCUT2D eigenvalue weighted by Gasteiger charge is 2.09. The minimum atomic E-state index is 0.339. The van der Waals surface area contributed by atoms with Gasteiger partial charge < -0.3 is 5.73 Å². The van der Waals surface area contributed by atoms with Gasteiger partial charge in [0.25, 0.3) is 0 Å². The van der Waals surface area contributed by atoms with Gasteiger partial charge in [0.15, 0.2) is 0 Å². The van der Waals surface area contributed by atoms with Gasteiger partial charge in [0, 0.05) is 27.9 Å². The molecule has 0 saturated carbocycles. The zero-order chi connectivity index (χ0) is 11.5. The Morgan fingerprint density at radius 3 is 3.00 bits per heavy atom. The first kappa shape index (κ1) is 11.8. The Morgan fingerprint density at radius 1 is 1.50 bits per heavy atom. The molecule has 0 bridgehead atoms. The van der Waals surface area contributed by atoms with Gasteiger partial charge in [0.2, 0.25) is 0 Å². The van der Waals surface area contributed by atoms with Crippen LogP contribution in [-0.2, 0) is 0 Å². The van der Waals surface area contributed by atoms with Crippen molar-refractivity contribution < 1.29 is 0 Å². The molecule has 2 rings (SSSR count). The Bertz CT molecular complexity index is 481. The third kappa shape index (κ3) is 2.51. The van der Waals surface area contributed by atoms with E-state index in [2.05, 4.69) is 45.4 Å². The Labute approximate surface area is 108 Å². The van der Waals surface area contributed by atoms with E-state index in [-0.39, 0.29) is 0 Å². The van der Waals surface area contributed by atoms with E-state index < -0.39 is 0 Å². The van der Waals surface area contributed by atoms with Gasteiger partial charge in [-0.3, -0.25) is 0 Å². The number of hydrogen-bond acceptors (Lipinski definition) is 3. The molecule has 16 heavy (non-hydrogen) atoms. The van der Waals surface area contributed by atoms with Crippen LogP contribution >= 0.6 is 27.3 Å². The summed E-state index contributed by atoms with van der Waals surface area (Å²) in [6.07, 6.45) is 0. The van der Waals surface area contributed by atoms with E-state index in [0.29, 0.717) is 12.5 Å². The fraction of sp³-hybridized carbons (Fsp3) is 0.250. The van der Waals surface area contributed by atoms with Crippen LogP contribution < -0.4 is 5.73 Å². The maximum Gasteiger partial charge on any atom is 0.0973 e. The molecule has 1 unspecified atom stereocenters. The predicted octanol–water partition coefficient (Wildman–Crippen LogP) is 3.63. The SMILES string of the molecule is CC(CN)c1nc(-c2cccc(Br)c2)cs1. The summed E-state index contributed by atoms with van der Waals surface area (Å²) >= 11 is 5.14. The Hall–Kier alpha value is -0.710. The molecule has 0 aliphatic heterocycles. The summed E-state index contributed by atoms with van der Waals surface area (Å²) in [6, 6.07) is 8.17. The molecule has 0 saturated heterocycles. The van der Waals surface area contributed by atoms with Crippen molar-refractivity contribution in [3.8, 4) is 11.3 Å². The molecule has 0 aliphatic carbocycles. The van der Waals surface area contributed by atoms with Crippen LogP contribution in [0.25, 0.3) is 11.3 Å². The predicted molar refractivity (Wildman–Crippen MR) is 72.7 cm³/mol. The fourth-order valence-corrected chi connectivity index (χ4v) is 2.70. The van der Waals surface area contributed by atoms with Gasteiger partial charge in [-0.05, 0) is 12.1 Å². The summed E-state index contributed by atoms with van der Waals surface area (Å²) in [6.45, 7) is 2.75. The van der Waals surface area contributed by atoms with Crippen molar-refractivity contribution in [2.45, 2.75) is 12.8 Å². The number of halogens is 1. The van der Waals surface area contributed by atoms with E-state index >= 15 is 0 Å². The minimum absolute atomic E-state index is 0.339. The first-order valence-electron chi connectivity index (χ1n) is 5.12. The van der Waals surface area contributed by atoms with Gasteiger partial charge in [0.1, 0.15) is 0 Å². The van der Waals surface area contributed by atoms with Crippen molar-refractivity contribution in [1.29, 1.82) is 0 Å². The maximum atomic E-state index is 5.64. The highest BCUT2D eigenvalue weighted by molar-refractivity contribution is 9.10. The van der Waals surface area contributed by atoms with Crippen molar-refractivity contribution in [2.24, 2.45) is 5.73 Å². The summed E-state index contributed by atoms with van der Waals surface area (Å²) in [5, 5.41) is 3.20. The zero-order valence-corrected chi connectivity index (χ0v) is 11.4. The van der Waals surface area contributed by atoms with Gasteiger partial charge in [-0.15, -0.1) is 11.3 Å². The van der Waals surface area contributed by atoms with Crippen LogP contribution in [0, 0.1) is 0 Å². The maximum absolute atomic E-state index is 5.64. The van der Waals surface area contributed by atoms with Crippen molar-refractivity contribution in [1.82, 2.24) is 4.98 Å². The van der Waals surface area contributed by atoms with Crippen LogP contribution in [0.1, 0.15) is 17.8 Å². The summed E-state index contributed by atoms with van der Waals surface area (Å²) in [5.41, 5.74) is 7.80. The molecule has 2 nitrogen and oxygen atoms in total. The number of thiazole rings is 1. The Balaban J connectivity index is 2.31. The number of aromatic nitrogens is 1. The molecule has 1 heterocycles. The summed E-state index contributed by atoms with van der Waals surface area (Å²) in [7, 11) is 0. The van der Waals surface area contributed by atoms with E-state index in [1.807, 2.05) is 12.1 Å². The lowest BCUT2D eigenvalue weighted by atomic mass is 10.1. The first-order chi connectivity index (χ1) is 7.70. The molecule has 1 aromatic carbocycles. The van der Waals surface area contributed by atoms with Crippen LogP contribution in [0.5, 0.6) is 0 Å². The zero-order valence-electron chi connectivity index (χ0n) is 8.98. The second kappa shape index (κ2) is 5.08. The molecule has 84 valence electrons. The number of nitrogens with zero attached hydrogens (tertiary/aromatic N) is 1. The van der Waals surface area contributed by atoms with Crippen molar-refractivity contribution in [3.63, 3.8) is 0 Å². The highest BCUT2D eigenvalue weighted by Crippen LogP contribution is 2.27. The quantitative estimate of drug-likeness (QED) is 0.939. The summed E-state index contributed by atoms with van der Waals surface area (Å²) in [5.74, 6) is 0.339. The van der Waals surface area contributed by atoms with E-state index in [4.69, 9.17) is 5.73 Å². The normalized spacial score (nSPS) is 12.7. The topological polar surface area (TPSA) is 38.9 Å². The Morgan fingerprint density at radius 2 is 2.31 bits per heavy atom. The lowest BCUT2D eigenvalue weighted by Crippen LogP contribution is -2.08. The van der Waals surface area contributed by atoms with Crippen LogP contribution in [0.15, 0.2) is 34.1 Å². The lowest BCUT2D eigenvalue weighted by Gasteiger charge is -2.02. The molecule has 0 aliphatic rings. The van der Waals surface area contributed by atoms with Crippen molar-refractivity contribution in [3.05, 3.63) is 39.1 Å². The largest absolute Gasteiger partial charge is 0.330 e. The lowest BCUT2D eigenvalue weighted by molar-refractivity contribution is 0.766. The minimum Gasteiger partial charge on any atom is -0.330 e. The average Bonchev–Trinajstić information content (AvgIpc) is 2.77. The molecular formula is C12H13BrN2S. The van der Waals surface area contributed by atoms with E-state index in [1.165, 1.54) is 0 Å². The number of benzene rings is 1. The number of hydrogen-bond donors (Lipinski definition) is 1. The van der Waals surface area contributed by atoms with Gasteiger partial charge in [-0.1, -0.05) is 35.0 Å². The van der Waals surface area contributed by atoms with Crippen molar-refractivity contribution in [2.75, 3.05) is 6.54 Å². The molecule has 0 amide bonds. The third-order valence-corrected chi connectivity index (χ3v) is 3.99. The Kier molecular flexibility index (Phi) is 3.74. The van der Waals surface area contributed by atoms with Gasteiger partial charge >= 0.3 is 0 Å². The van der Waals surface area contributed by atoms with Gasteiger partial charge in [-0.25, -0.2) is 4.98 Å². The van der Waals surface area contributed by atoms with E-state index in [1.54, 1.807) is 11.3 Å². The fourth-order valence-electron chi connectivity index (χ4n) is 1.40. The summed E-state index contributed by atoms with van der Waals surface area (Å²) < 4.78 is 1.08. The number of nitrogens with two attached hydrogens (primary N) is 1. The molecule has 4 heteroatoms. The molecule has 1 atom stereocenters. The highest BCUT2D eigenvalue weighted by atomic mass is 79.9. The second-order valence-corrected chi connectivity index (χ2v) is 5.52. The molecule has 2 N–H and O–H groups in total. The van der Waals surface area contributed by atoms with Crippen LogP contribution in [0.3, 0.4) is 0 Å². The van der Waals surface area contributed by atoms with E-state index in [0.717, 1.165) is 20.7 Å². The van der Waals surface area contributed by atoms with Crippen molar-refractivity contribution >= 4 is 27.3 Å². The molecular weight excluding hydrogens is 284 g/mol. The third-order valence-electron chi connectivity index (χ3n) is 2.42. The second-order valence-electron chi connectivity index (χ2n) is 3.72. The van der Waals surface area contributed by atoms with Crippen LogP contribution in [0.4, 0.5) is 0 Å². The smallest absolute Gasteiger partial charge is 0.0973 e. The first-order valence-corrected chi connectivity index (χ1v) is 6.79. The monoisotopic (exact) mass is 296 g/mol. The summed E-state index contributed by atoms with van der Waals surface area (Å²) in [4.78, 5) is 4.61. The van der Waals surface area contributed by atoms with Crippen LogP contribution in [-0.4, -0.2) is 11.5 Å². The van der Waals surface area contributed by atoms with E-state index in [9.17, 15) is 0 Å².